The molecule has 0 spiro atoms. The molecule has 0 fully saturated rings. The molecule has 2 aliphatic carbocycles. The summed E-state index contributed by atoms with van der Waals surface area (Å²) in [4.78, 5) is 4.59. The molecule has 230 valence electrons. The molecule has 1 nitrogen and oxygen atoms in total. The molecule has 0 bridgehead atoms. The maximum atomic E-state index is 4.59. The largest absolute Gasteiger partial charge is 0.256 e. The van der Waals surface area contributed by atoms with E-state index in [0.717, 1.165) is 11.3 Å². The van der Waals surface area contributed by atoms with Crippen molar-refractivity contribution in [2.24, 2.45) is 0 Å². The molecule has 1 aromatic heterocycles. The van der Waals surface area contributed by atoms with E-state index in [0.29, 0.717) is 0 Å². The summed E-state index contributed by atoms with van der Waals surface area (Å²) < 4.78 is 0. The van der Waals surface area contributed by atoms with Gasteiger partial charge in [-0.25, -0.2) is 0 Å². The van der Waals surface area contributed by atoms with Crippen molar-refractivity contribution in [3.05, 3.63) is 176 Å². The Hall–Kier alpha value is -6.57. The van der Waals surface area contributed by atoms with Crippen LogP contribution in [0.5, 0.6) is 0 Å². The van der Waals surface area contributed by atoms with Crippen molar-refractivity contribution in [2.75, 3.05) is 0 Å². The quantitative estimate of drug-likeness (QED) is 0.188. The molecular formula is C49H29N. The lowest BCUT2D eigenvalue weighted by Gasteiger charge is -2.16. The number of aromatic nitrogens is 1. The van der Waals surface area contributed by atoms with Gasteiger partial charge in [0.1, 0.15) is 0 Å². The lowest BCUT2D eigenvalue weighted by Crippen LogP contribution is -1.90. The molecule has 0 saturated heterocycles. The van der Waals surface area contributed by atoms with Crippen LogP contribution in [0.15, 0.2) is 176 Å². The fourth-order valence-corrected chi connectivity index (χ4v) is 8.59. The second-order valence-corrected chi connectivity index (χ2v) is 13.5. The first-order chi connectivity index (χ1) is 24.8. The number of fused-ring (bicyclic) bond motifs is 6. The Morgan fingerprint density at radius 3 is 1.18 bits per heavy atom. The summed E-state index contributed by atoms with van der Waals surface area (Å²) in [5, 5.41) is 5.28. The van der Waals surface area contributed by atoms with E-state index in [1.807, 2.05) is 18.3 Å². The van der Waals surface area contributed by atoms with Crippen LogP contribution in [0.3, 0.4) is 0 Å². The second kappa shape index (κ2) is 10.5. The van der Waals surface area contributed by atoms with Gasteiger partial charge in [0.25, 0.3) is 0 Å². The van der Waals surface area contributed by atoms with Crippen molar-refractivity contribution in [1.82, 2.24) is 4.98 Å². The maximum Gasteiger partial charge on any atom is 0.0701 e. The Kier molecular flexibility index (Phi) is 5.73. The van der Waals surface area contributed by atoms with Gasteiger partial charge in [0.2, 0.25) is 0 Å². The van der Waals surface area contributed by atoms with Crippen LogP contribution < -0.4 is 0 Å². The van der Waals surface area contributed by atoms with Gasteiger partial charge in [-0.3, -0.25) is 4.98 Å². The predicted molar refractivity (Wildman–Crippen MR) is 210 cm³/mol. The first-order valence-corrected chi connectivity index (χ1v) is 17.3. The van der Waals surface area contributed by atoms with Crippen LogP contribution in [0.1, 0.15) is 0 Å². The van der Waals surface area contributed by atoms with Gasteiger partial charge in [-0.1, -0.05) is 140 Å². The molecule has 1 heteroatoms. The number of rotatable bonds is 4. The minimum atomic E-state index is 0.983. The van der Waals surface area contributed by atoms with Crippen molar-refractivity contribution in [2.45, 2.75) is 0 Å². The van der Waals surface area contributed by atoms with Crippen LogP contribution in [0.4, 0.5) is 0 Å². The SMILES string of the molecule is c1ccc(-c2ccc(-c3cc(-c4ccc5c6c(cccc46)-c4ccccc4-5)cc(-c4ccc5c6c(cccc46)-c4ccccc4-5)c3)cc2)nc1. The molecule has 9 aromatic rings. The number of hydrogen-bond donors (Lipinski definition) is 0. The molecule has 1 heterocycles. The van der Waals surface area contributed by atoms with E-state index in [1.54, 1.807) is 0 Å². The summed E-state index contributed by atoms with van der Waals surface area (Å²) in [6.07, 6.45) is 1.85. The lowest BCUT2D eigenvalue weighted by atomic mass is 9.88. The van der Waals surface area contributed by atoms with E-state index < -0.39 is 0 Å². The van der Waals surface area contributed by atoms with E-state index >= 15 is 0 Å². The molecule has 0 amide bonds. The van der Waals surface area contributed by atoms with Crippen LogP contribution in [0.2, 0.25) is 0 Å². The summed E-state index contributed by atoms with van der Waals surface area (Å²) in [5.41, 5.74) is 20.0. The molecular weight excluding hydrogens is 603 g/mol. The third-order valence-corrected chi connectivity index (χ3v) is 10.8. The lowest BCUT2D eigenvalue weighted by molar-refractivity contribution is 1.33. The first kappa shape index (κ1) is 27.4. The average molecular weight is 632 g/mol. The van der Waals surface area contributed by atoms with Gasteiger partial charge in [-0.15, -0.1) is 0 Å². The van der Waals surface area contributed by atoms with Crippen molar-refractivity contribution < 1.29 is 0 Å². The van der Waals surface area contributed by atoms with Crippen molar-refractivity contribution in [3.63, 3.8) is 0 Å². The third kappa shape index (κ3) is 3.92. The van der Waals surface area contributed by atoms with Gasteiger partial charge in [0.15, 0.2) is 0 Å². The summed E-state index contributed by atoms with van der Waals surface area (Å²) in [6, 6.07) is 62.6. The average Bonchev–Trinajstić information content (AvgIpc) is 3.70. The topological polar surface area (TPSA) is 12.9 Å². The fraction of sp³-hybridized carbons (Fsp3) is 0. The van der Waals surface area contributed by atoms with Crippen molar-refractivity contribution in [1.29, 1.82) is 0 Å². The van der Waals surface area contributed by atoms with Gasteiger partial charge in [0.05, 0.1) is 5.69 Å². The zero-order chi connectivity index (χ0) is 32.8. The van der Waals surface area contributed by atoms with Crippen LogP contribution in [0, 0.1) is 0 Å². The van der Waals surface area contributed by atoms with Crippen molar-refractivity contribution >= 4 is 21.5 Å². The molecule has 50 heavy (non-hydrogen) atoms. The zero-order valence-electron chi connectivity index (χ0n) is 27.2. The van der Waals surface area contributed by atoms with Gasteiger partial charge < -0.3 is 0 Å². The number of pyridine rings is 1. The number of benzene rings is 8. The third-order valence-electron chi connectivity index (χ3n) is 10.8. The second-order valence-electron chi connectivity index (χ2n) is 13.5. The molecule has 0 aliphatic heterocycles. The first-order valence-electron chi connectivity index (χ1n) is 17.3. The highest BCUT2D eigenvalue weighted by Gasteiger charge is 2.24. The van der Waals surface area contributed by atoms with E-state index in [-0.39, 0.29) is 0 Å². The molecule has 2 aliphatic rings. The Labute approximate surface area is 290 Å². The van der Waals surface area contributed by atoms with Gasteiger partial charge in [-0.05, 0) is 130 Å². The molecule has 0 radical (unpaired) electrons. The van der Waals surface area contributed by atoms with Crippen LogP contribution in [-0.2, 0) is 0 Å². The highest BCUT2D eigenvalue weighted by molar-refractivity contribution is 6.20. The van der Waals surface area contributed by atoms with Crippen LogP contribution in [0.25, 0.3) is 111 Å². The minimum absolute atomic E-state index is 0.983. The molecule has 8 aromatic carbocycles. The smallest absolute Gasteiger partial charge is 0.0701 e. The highest BCUT2D eigenvalue weighted by Crippen LogP contribution is 2.51. The van der Waals surface area contributed by atoms with E-state index in [9.17, 15) is 0 Å². The molecule has 0 N–H and O–H groups in total. The number of nitrogens with zero attached hydrogens (tertiary/aromatic N) is 1. The zero-order valence-corrected chi connectivity index (χ0v) is 27.2. The van der Waals surface area contributed by atoms with Crippen molar-refractivity contribution in [3.8, 4) is 89.1 Å². The Morgan fingerprint density at radius 1 is 0.260 bits per heavy atom. The highest BCUT2D eigenvalue weighted by atomic mass is 14.7. The summed E-state index contributed by atoms with van der Waals surface area (Å²) in [7, 11) is 0. The predicted octanol–water partition coefficient (Wildman–Crippen LogP) is 13.4. The fourth-order valence-electron chi connectivity index (χ4n) is 8.59. The Balaban J connectivity index is 1.14. The normalized spacial score (nSPS) is 12.0. The monoisotopic (exact) mass is 631 g/mol. The van der Waals surface area contributed by atoms with E-state index in [2.05, 4.69) is 163 Å². The minimum Gasteiger partial charge on any atom is -0.256 e. The maximum absolute atomic E-state index is 4.59. The Bertz CT molecular complexity index is 2630. The van der Waals surface area contributed by atoms with Crippen LogP contribution in [-0.4, -0.2) is 4.98 Å². The molecule has 0 atom stereocenters. The van der Waals surface area contributed by atoms with Gasteiger partial charge >= 0.3 is 0 Å². The van der Waals surface area contributed by atoms with Gasteiger partial charge in [-0.2, -0.15) is 0 Å². The molecule has 0 saturated carbocycles. The standard InChI is InChI=1S/C49H29N/c1-3-11-39-37(9-1)43-15-7-13-41-35(22-24-45(39)48(41)43)33-27-32(30-18-20-31(21-19-30)47-17-5-6-26-50-47)28-34(29-33)36-23-25-46-40-12-4-2-10-38(40)44-16-8-14-42(36)49(44)46/h1-29H. The molecule has 0 unspecified atom stereocenters. The summed E-state index contributed by atoms with van der Waals surface area (Å²) >= 11 is 0. The van der Waals surface area contributed by atoms with Crippen LogP contribution >= 0.6 is 0 Å². The number of hydrogen-bond acceptors (Lipinski definition) is 1. The molecule has 11 rings (SSSR count). The van der Waals surface area contributed by atoms with E-state index in [1.165, 1.54) is 99.4 Å². The summed E-state index contributed by atoms with van der Waals surface area (Å²) in [5.74, 6) is 0. The summed E-state index contributed by atoms with van der Waals surface area (Å²) in [6.45, 7) is 0. The van der Waals surface area contributed by atoms with Gasteiger partial charge in [0, 0.05) is 11.8 Å². The Morgan fingerprint density at radius 2 is 0.680 bits per heavy atom. The van der Waals surface area contributed by atoms with E-state index in [4.69, 9.17) is 0 Å².